The van der Waals surface area contributed by atoms with Gasteiger partial charge in [-0.25, -0.2) is 0 Å². The average Bonchev–Trinajstić information content (AvgIpc) is 2.27. The summed E-state index contributed by atoms with van der Waals surface area (Å²) in [7, 11) is 0. The van der Waals surface area contributed by atoms with E-state index in [0.29, 0.717) is 26.0 Å². The third-order valence-electron chi connectivity index (χ3n) is 3.71. The number of likely N-dealkylation sites (tertiary alicyclic amines) is 1. The minimum absolute atomic E-state index is 0.0206. The molecule has 0 aromatic carbocycles. The maximum absolute atomic E-state index is 11.9. The maximum Gasteiger partial charge on any atom is 0.239 e. The molecule has 2 aliphatic rings. The van der Waals surface area contributed by atoms with Gasteiger partial charge in [-0.1, -0.05) is 0 Å². The maximum atomic E-state index is 11.9. The van der Waals surface area contributed by atoms with E-state index < -0.39 is 6.04 Å². The number of amides is 1. The first kappa shape index (κ1) is 12.8. The lowest BCUT2D eigenvalue weighted by Crippen LogP contribution is -2.57. The number of carbonyl (C=O) groups is 1. The molecule has 3 unspecified atom stereocenters. The van der Waals surface area contributed by atoms with Gasteiger partial charge in [0, 0.05) is 26.1 Å². The number of piperidine rings is 1. The number of hydrogen-bond acceptors (Lipinski definition) is 4. The van der Waals surface area contributed by atoms with E-state index in [9.17, 15) is 9.90 Å². The zero-order chi connectivity index (χ0) is 12.5. The van der Waals surface area contributed by atoms with Crippen LogP contribution in [0.25, 0.3) is 0 Å². The lowest BCUT2D eigenvalue weighted by molar-refractivity contribution is -0.161. The molecular weight excluding hydrogens is 220 g/mol. The van der Waals surface area contributed by atoms with Gasteiger partial charge in [-0.05, 0) is 26.2 Å². The highest BCUT2D eigenvalue weighted by atomic mass is 16.5. The monoisotopic (exact) mass is 242 g/mol. The van der Waals surface area contributed by atoms with Crippen molar-refractivity contribution in [3.05, 3.63) is 0 Å². The molecule has 17 heavy (non-hydrogen) atoms. The fourth-order valence-corrected chi connectivity index (χ4v) is 2.86. The highest BCUT2D eigenvalue weighted by molar-refractivity contribution is 5.81. The van der Waals surface area contributed by atoms with Crippen LogP contribution in [0, 0.1) is 0 Å². The smallest absolute Gasteiger partial charge is 0.239 e. The molecule has 2 saturated heterocycles. The van der Waals surface area contributed by atoms with Gasteiger partial charge in [0.2, 0.25) is 5.91 Å². The predicted octanol–water partition coefficient (Wildman–Crippen LogP) is -0.134. The molecule has 2 fully saturated rings. The molecule has 0 bridgehead atoms. The van der Waals surface area contributed by atoms with Crippen LogP contribution in [0.4, 0.5) is 0 Å². The predicted molar refractivity (Wildman–Crippen MR) is 63.4 cm³/mol. The Balaban J connectivity index is 2.03. The van der Waals surface area contributed by atoms with Gasteiger partial charge in [0.15, 0.2) is 0 Å². The lowest BCUT2D eigenvalue weighted by atomic mass is 9.84. The van der Waals surface area contributed by atoms with Gasteiger partial charge in [-0.15, -0.1) is 0 Å². The van der Waals surface area contributed by atoms with Crippen molar-refractivity contribution in [1.82, 2.24) is 4.90 Å². The summed E-state index contributed by atoms with van der Waals surface area (Å²) in [6.45, 7) is 3.62. The van der Waals surface area contributed by atoms with E-state index in [1.165, 1.54) is 0 Å². The Morgan fingerprint density at radius 3 is 3.06 bits per heavy atom. The van der Waals surface area contributed by atoms with Crippen LogP contribution in [0.3, 0.4) is 0 Å². The number of hydrogen-bond donors (Lipinski definition) is 2. The first-order valence-corrected chi connectivity index (χ1v) is 6.39. The van der Waals surface area contributed by atoms with Crippen molar-refractivity contribution in [1.29, 1.82) is 0 Å². The second-order valence-corrected chi connectivity index (χ2v) is 5.33. The summed E-state index contributed by atoms with van der Waals surface area (Å²) in [5.41, 5.74) is 5.30. The molecule has 0 aromatic heterocycles. The number of nitrogens with two attached hydrogens (primary N) is 1. The fourth-order valence-electron chi connectivity index (χ4n) is 2.86. The van der Waals surface area contributed by atoms with E-state index in [4.69, 9.17) is 10.5 Å². The van der Waals surface area contributed by atoms with Crippen molar-refractivity contribution in [2.75, 3.05) is 19.7 Å². The molecule has 1 amide bonds. The largest absolute Gasteiger partial charge is 0.393 e. The summed E-state index contributed by atoms with van der Waals surface area (Å²) in [5.74, 6) is -0.0206. The third-order valence-corrected chi connectivity index (χ3v) is 3.71. The Morgan fingerprint density at radius 1 is 1.65 bits per heavy atom. The van der Waals surface area contributed by atoms with Crippen LogP contribution in [0.5, 0.6) is 0 Å². The number of rotatable bonds is 1. The quantitative estimate of drug-likeness (QED) is 0.671. The second kappa shape index (κ2) is 4.92. The standard InChI is InChI=1S/C12H22N2O3/c1-9(13)11(16)14-5-2-4-12(8-14)7-10(15)3-6-17-12/h9-10,15H,2-8,13H2,1H3. The van der Waals surface area contributed by atoms with Gasteiger partial charge in [0.1, 0.15) is 0 Å². The van der Waals surface area contributed by atoms with Crippen molar-refractivity contribution in [2.24, 2.45) is 5.73 Å². The second-order valence-electron chi connectivity index (χ2n) is 5.33. The van der Waals surface area contributed by atoms with Crippen molar-refractivity contribution >= 4 is 5.91 Å². The third kappa shape index (κ3) is 2.78. The molecular formula is C12H22N2O3. The molecule has 0 aromatic rings. The Bertz CT molecular complexity index is 291. The molecule has 3 N–H and O–H groups in total. The van der Waals surface area contributed by atoms with E-state index in [1.54, 1.807) is 11.8 Å². The van der Waals surface area contributed by atoms with E-state index in [1.807, 2.05) is 0 Å². The SMILES string of the molecule is CC(N)C(=O)N1CCCC2(CC(O)CCO2)C1. The Kier molecular flexibility index (Phi) is 3.70. The van der Waals surface area contributed by atoms with Crippen molar-refractivity contribution in [2.45, 2.75) is 50.4 Å². The summed E-state index contributed by atoms with van der Waals surface area (Å²) in [6.07, 6.45) is 2.88. The van der Waals surface area contributed by atoms with Crippen molar-refractivity contribution in [3.63, 3.8) is 0 Å². The zero-order valence-corrected chi connectivity index (χ0v) is 10.4. The van der Waals surface area contributed by atoms with Gasteiger partial charge in [-0.3, -0.25) is 4.79 Å². The molecule has 0 radical (unpaired) electrons. The van der Waals surface area contributed by atoms with E-state index in [0.717, 1.165) is 19.4 Å². The van der Waals surface area contributed by atoms with Crippen molar-refractivity contribution in [3.8, 4) is 0 Å². The van der Waals surface area contributed by atoms with Gasteiger partial charge >= 0.3 is 0 Å². The topological polar surface area (TPSA) is 75.8 Å². The van der Waals surface area contributed by atoms with Crippen LogP contribution in [-0.4, -0.2) is 53.4 Å². The summed E-state index contributed by atoms with van der Waals surface area (Å²) >= 11 is 0. The highest BCUT2D eigenvalue weighted by Crippen LogP contribution is 2.33. The Hall–Kier alpha value is -0.650. The molecule has 0 saturated carbocycles. The van der Waals surface area contributed by atoms with Crippen LogP contribution in [0.2, 0.25) is 0 Å². The molecule has 98 valence electrons. The van der Waals surface area contributed by atoms with Crippen LogP contribution in [0.15, 0.2) is 0 Å². The Morgan fingerprint density at radius 2 is 2.41 bits per heavy atom. The first-order valence-electron chi connectivity index (χ1n) is 6.39. The molecule has 2 rings (SSSR count). The van der Waals surface area contributed by atoms with Crippen molar-refractivity contribution < 1.29 is 14.6 Å². The first-order chi connectivity index (χ1) is 8.02. The number of nitrogens with zero attached hydrogens (tertiary/aromatic N) is 1. The van der Waals surface area contributed by atoms with Gasteiger partial charge in [-0.2, -0.15) is 0 Å². The normalized spacial score (nSPS) is 35.9. The summed E-state index contributed by atoms with van der Waals surface area (Å²) in [4.78, 5) is 13.7. The molecule has 3 atom stereocenters. The molecule has 2 heterocycles. The van der Waals surface area contributed by atoms with Crippen LogP contribution >= 0.6 is 0 Å². The number of ether oxygens (including phenoxy) is 1. The Labute approximate surface area is 102 Å². The average molecular weight is 242 g/mol. The van der Waals surface area contributed by atoms with Gasteiger partial charge in [0.05, 0.1) is 17.7 Å². The van der Waals surface area contributed by atoms with Crippen LogP contribution < -0.4 is 5.73 Å². The van der Waals surface area contributed by atoms with E-state index >= 15 is 0 Å². The minimum atomic E-state index is -0.460. The van der Waals surface area contributed by atoms with Gasteiger partial charge < -0.3 is 20.5 Å². The molecule has 2 aliphatic heterocycles. The molecule has 5 heteroatoms. The highest BCUT2D eigenvalue weighted by Gasteiger charge is 2.42. The summed E-state index contributed by atoms with van der Waals surface area (Å²) in [6, 6.07) is -0.460. The van der Waals surface area contributed by atoms with Crippen LogP contribution in [-0.2, 0) is 9.53 Å². The van der Waals surface area contributed by atoms with Gasteiger partial charge in [0.25, 0.3) is 0 Å². The summed E-state index contributed by atoms with van der Waals surface area (Å²) in [5, 5.41) is 9.75. The number of carbonyl (C=O) groups excluding carboxylic acids is 1. The molecule has 0 aliphatic carbocycles. The molecule has 5 nitrogen and oxygen atoms in total. The fraction of sp³-hybridized carbons (Fsp3) is 0.917. The zero-order valence-electron chi connectivity index (χ0n) is 10.4. The molecule has 1 spiro atoms. The number of aliphatic hydroxyl groups excluding tert-OH is 1. The number of aliphatic hydroxyl groups is 1. The van der Waals surface area contributed by atoms with E-state index in [2.05, 4.69) is 0 Å². The minimum Gasteiger partial charge on any atom is -0.393 e. The van der Waals surface area contributed by atoms with Crippen LogP contribution in [0.1, 0.15) is 32.6 Å². The van der Waals surface area contributed by atoms with E-state index in [-0.39, 0.29) is 17.6 Å². The summed E-state index contributed by atoms with van der Waals surface area (Å²) < 4.78 is 5.84. The lowest BCUT2D eigenvalue weighted by Gasteiger charge is -2.46.